The van der Waals surface area contributed by atoms with Gasteiger partial charge < -0.3 is 10.8 Å². The molecule has 0 saturated heterocycles. The Labute approximate surface area is 95.9 Å². The van der Waals surface area contributed by atoms with Crippen LogP contribution in [0.15, 0.2) is 18.3 Å². The molecule has 0 atom stereocenters. The molecule has 3 N–H and O–H groups in total. The van der Waals surface area contributed by atoms with Crippen LogP contribution in [-0.2, 0) is 0 Å². The average molecular weight is 271 g/mol. The van der Waals surface area contributed by atoms with Crippen molar-refractivity contribution in [2.45, 2.75) is 6.42 Å². The summed E-state index contributed by atoms with van der Waals surface area (Å²) in [7, 11) is 0. The van der Waals surface area contributed by atoms with Gasteiger partial charge in [-0.3, -0.25) is 0 Å². The molecule has 1 rings (SSSR count). The highest BCUT2D eigenvalue weighted by molar-refractivity contribution is 9.09. The number of rotatable bonds is 4. The number of nitrogens with two attached hydrogens (primary N) is 1. The summed E-state index contributed by atoms with van der Waals surface area (Å²) in [6, 6.07) is 1.51. The van der Waals surface area contributed by atoms with Crippen LogP contribution < -0.4 is 5.73 Å². The van der Waals surface area contributed by atoms with E-state index >= 15 is 0 Å². The fourth-order valence-corrected chi connectivity index (χ4v) is 1.30. The third-order valence-electron chi connectivity index (χ3n) is 1.76. The summed E-state index contributed by atoms with van der Waals surface area (Å²) in [5.41, 5.74) is 6.20. The summed E-state index contributed by atoms with van der Waals surface area (Å²) < 4.78 is 0. The van der Waals surface area contributed by atoms with Crippen LogP contribution in [0.1, 0.15) is 22.3 Å². The molecule has 0 unspecified atom stereocenters. The van der Waals surface area contributed by atoms with Crippen molar-refractivity contribution in [1.29, 1.82) is 0 Å². The van der Waals surface area contributed by atoms with Gasteiger partial charge in [-0.15, -0.1) is 0 Å². The molecule has 0 bridgehead atoms. The Morgan fingerprint density at radius 3 is 3.00 bits per heavy atom. The Balaban J connectivity index is 2.92. The quantitative estimate of drug-likeness (QED) is 0.823. The zero-order valence-electron chi connectivity index (χ0n) is 7.98. The molecule has 15 heavy (non-hydrogen) atoms. The molecular weight excluding hydrogens is 260 g/mol. The molecule has 1 heterocycles. The molecule has 1 aromatic rings. The van der Waals surface area contributed by atoms with Gasteiger partial charge in [-0.25, -0.2) is 9.78 Å². The Morgan fingerprint density at radius 2 is 2.40 bits per heavy atom. The minimum absolute atomic E-state index is 0.0380. The number of halogens is 1. The molecule has 0 saturated carbocycles. The first-order valence-corrected chi connectivity index (χ1v) is 5.48. The lowest BCUT2D eigenvalue weighted by atomic mass is 10.1. The Morgan fingerprint density at radius 1 is 1.67 bits per heavy atom. The molecule has 4 nitrogen and oxygen atoms in total. The number of nitrogens with zero attached hydrogens (tertiary/aromatic N) is 1. The van der Waals surface area contributed by atoms with Crippen LogP contribution in [0.3, 0.4) is 0 Å². The Kier molecular flexibility index (Phi) is 4.30. The second-order valence-corrected chi connectivity index (χ2v) is 3.68. The van der Waals surface area contributed by atoms with E-state index in [0.717, 1.165) is 17.3 Å². The van der Waals surface area contributed by atoms with Gasteiger partial charge in [0.1, 0.15) is 11.4 Å². The maximum absolute atomic E-state index is 10.8. The Hall–Kier alpha value is -1.36. The summed E-state index contributed by atoms with van der Waals surface area (Å²) in [5, 5.41) is 9.68. The second-order valence-electron chi connectivity index (χ2n) is 2.89. The fourth-order valence-electron chi connectivity index (χ4n) is 1.04. The SMILES string of the molecule is Nc1ncc(C=CCCBr)cc1C(=O)O. The van der Waals surface area contributed by atoms with Gasteiger partial charge in [0.25, 0.3) is 0 Å². The minimum Gasteiger partial charge on any atom is -0.478 e. The number of aromatic nitrogens is 1. The van der Waals surface area contributed by atoms with E-state index in [4.69, 9.17) is 10.8 Å². The van der Waals surface area contributed by atoms with Crippen LogP contribution in [0.5, 0.6) is 0 Å². The van der Waals surface area contributed by atoms with Gasteiger partial charge in [0.05, 0.1) is 0 Å². The van der Waals surface area contributed by atoms with Gasteiger partial charge in [-0.2, -0.15) is 0 Å². The molecule has 0 spiro atoms. The average Bonchev–Trinajstić information content (AvgIpc) is 2.20. The highest BCUT2D eigenvalue weighted by Crippen LogP contribution is 2.12. The molecule has 0 aliphatic heterocycles. The normalized spacial score (nSPS) is 10.7. The van der Waals surface area contributed by atoms with Crippen LogP contribution in [0.4, 0.5) is 5.82 Å². The van der Waals surface area contributed by atoms with Crippen molar-refractivity contribution in [3.8, 4) is 0 Å². The predicted molar refractivity (Wildman–Crippen MR) is 63.1 cm³/mol. The number of anilines is 1. The molecule has 0 radical (unpaired) electrons. The number of carboxylic acids is 1. The number of hydrogen-bond donors (Lipinski definition) is 2. The summed E-state index contributed by atoms with van der Waals surface area (Å²) in [4.78, 5) is 14.6. The maximum atomic E-state index is 10.8. The highest BCUT2D eigenvalue weighted by Gasteiger charge is 2.08. The number of aromatic carboxylic acids is 1. The summed E-state index contributed by atoms with van der Waals surface area (Å²) in [6.07, 6.45) is 6.19. The summed E-state index contributed by atoms with van der Waals surface area (Å²) in [5.74, 6) is -1.02. The molecular formula is C10H11BrN2O2. The first-order chi connectivity index (χ1) is 7.15. The molecule has 0 fully saturated rings. The summed E-state index contributed by atoms with van der Waals surface area (Å²) >= 11 is 3.29. The minimum atomic E-state index is -1.06. The molecule has 1 aromatic heterocycles. The number of allylic oxidation sites excluding steroid dienone is 1. The van der Waals surface area contributed by atoms with Crippen LogP contribution >= 0.6 is 15.9 Å². The van der Waals surface area contributed by atoms with Gasteiger partial charge in [-0.05, 0) is 18.1 Å². The van der Waals surface area contributed by atoms with E-state index < -0.39 is 5.97 Å². The lowest BCUT2D eigenvalue weighted by Gasteiger charge is -2.00. The van der Waals surface area contributed by atoms with Gasteiger partial charge in [0, 0.05) is 11.5 Å². The summed E-state index contributed by atoms with van der Waals surface area (Å²) in [6.45, 7) is 0. The molecule has 0 aliphatic carbocycles. The van der Waals surface area contributed by atoms with Gasteiger partial charge in [-0.1, -0.05) is 28.1 Å². The number of hydrogen-bond acceptors (Lipinski definition) is 3. The lowest BCUT2D eigenvalue weighted by Crippen LogP contribution is -2.04. The molecule has 0 aliphatic rings. The third kappa shape index (κ3) is 3.36. The van der Waals surface area contributed by atoms with Crippen LogP contribution in [0.25, 0.3) is 6.08 Å². The smallest absolute Gasteiger partial charge is 0.339 e. The van der Waals surface area contributed by atoms with Crippen molar-refractivity contribution in [3.05, 3.63) is 29.5 Å². The first kappa shape index (κ1) is 11.7. The van der Waals surface area contributed by atoms with E-state index in [0.29, 0.717) is 0 Å². The molecule has 80 valence electrons. The van der Waals surface area contributed by atoms with Crippen molar-refractivity contribution in [3.63, 3.8) is 0 Å². The van der Waals surface area contributed by atoms with Gasteiger partial charge >= 0.3 is 5.97 Å². The third-order valence-corrected chi connectivity index (χ3v) is 2.21. The zero-order chi connectivity index (χ0) is 11.3. The van der Waals surface area contributed by atoms with Crippen LogP contribution in [0, 0.1) is 0 Å². The van der Waals surface area contributed by atoms with E-state index in [1.165, 1.54) is 6.07 Å². The molecule has 0 amide bonds. The van der Waals surface area contributed by atoms with Gasteiger partial charge in [0.15, 0.2) is 0 Å². The number of alkyl halides is 1. The number of carbonyl (C=O) groups is 1. The van der Waals surface area contributed by atoms with Gasteiger partial charge in [0.2, 0.25) is 0 Å². The maximum Gasteiger partial charge on any atom is 0.339 e. The van der Waals surface area contributed by atoms with E-state index in [1.807, 2.05) is 12.2 Å². The zero-order valence-corrected chi connectivity index (χ0v) is 9.57. The highest BCUT2D eigenvalue weighted by atomic mass is 79.9. The number of carboxylic acid groups (broad SMARTS) is 1. The predicted octanol–water partition coefficient (Wildman–Crippen LogP) is 2.16. The van der Waals surface area contributed by atoms with Crippen molar-refractivity contribution in [2.24, 2.45) is 0 Å². The number of pyridine rings is 1. The van der Waals surface area contributed by atoms with E-state index in [2.05, 4.69) is 20.9 Å². The van der Waals surface area contributed by atoms with Crippen molar-refractivity contribution < 1.29 is 9.90 Å². The molecule has 5 heteroatoms. The fraction of sp³-hybridized carbons (Fsp3) is 0.200. The van der Waals surface area contributed by atoms with E-state index in [9.17, 15) is 4.79 Å². The standard InChI is InChI=1S/C10H11BrN2O2/c11-4-2-1-3-7-5-8(10(14)15)9(12)13-6-7/h1,3,5-6H,2,4H2,(H2,12,13)(H,14,15). The van der Waals surface area contributed by atoms with E-state index in [-0.39, 0.29) is 11.4 Å². The van der Waals surface area contributed by atoms with Crippen LogP contribution in [0.2, 0.25) is 0 Å². The van der Waals surface area contributed by atoms with Crippen molar-refractivity contribution in [1.82, 2.24) is 4.98 Å². The largest absolute Gasteiger partial charge is 0.478 e. The van der Waals surface area contributed by atoms with Crippen LogP contribution in [-0.4, -0.2) is 21.4 Å². The van der Waals surface area contributed by atoms with Crippen molar-refractivity contribution in [2.75, 3.05) is 11.1 Å². The number of nitrogen functional groups attached to an aromatic ring is 1. The Bertz CT molecular complexity index is 391. The first-order valence-electron chi connectivity index (χ1n) is 4.36. The topological polar surface area (TPSA) is 76.2 Å². The lowest BCUT2D eigenvalue weighted by molar-refractivity contribution is 0.0697. The monoisotopic (exact) mass is 270 g/mol. The second kappa shape index (κ2) is 5.50. The molecule has 0 aromatic carbocycles. The van der Waals surface area contributed by atoms with E-state index in [1.54, 1.807) is 6.20 Å². The van der Waals surface area contributed by atoms with Crippen molar-refractivity contribution >= 4 is 33.8 Å².